The van der Waals surface area contributed by atoms with Crippen molar-refractivity contribution in [2.45, 2.75) is 69.2 Å². The lowest BCUT2D eigenvalue weighted by atomic mass is 9.57. The summed E-state index contributed by atoms with van der Waals surface area (Å²) >= 11 is 0. The first-order valence-electron chi connectivity index (χ1n) is 6.25. The molecule has 0 atom stereocenters. The highest BCUT2D eigenvalue weighted by Gasteiger charge is 2.79. The van der Waals surface area contributed by atoms with Crippen molar-refractivity contribution in [3.05, 3.63) is 0 Å². The second-order valence-corrected chi connectivity index (χ2v) is 8.25. The minimum Gasteiger partial charge on any atom is -0.0596 e. The summed E-state index contributed by atoms with van der Waals surface area (Å²) in [4.78, 5) is 0. The minimum atomic E-state index is 0.354. The van der Waals surface area contributed by atoms with Crippen molar-refractivity contribution in [3.63, 3.8) is 0 Å². The second kappa shape index (κ2) is 2.63. The molecule has 1 aliphatic carbocycles. The van der Waals surface area contributed by atoms with Gasteiger partial charge in [-0.2, -0.15) is 0 Å². The van der Waals surface area contributed by atoms with Crippen LogP contribution in [0.15, 0.2) is 0 Å². The van der Waals surface area contributed by atoms with E-state index in [0.717, 1.165) is 0 Å². The lowest BCUT2D eigenvalue weighted by molar-refractivity contribution is 0.0134. The summed E-state index contributed by atoms with van der Waals surface area (Å²) in [7, 11) is 0. The zero-order valence-corrected chi connectivity index (χ0v) is 12.5. The molecule has 1 rings (SSSR count). The molecule has 0 aliphatic heterocycles. The van der Waals surface area contributed by atoms with E-state index in [1.165, 1.54) is 0 Å². The zero-order chi connectivity index (χ0) is 12.5. The molecule has 0 unspecified atom stereocenters. The number of hydrogen-bond donors (Lipinski definition) is 0. The van der Waals surface area contributed by atoms with E-state index in [1.54, 1.807) is 0 Å². The first-order chi connectivity index (χ1) is 6.25. The van der Waals surface area contributed by atoms with Gasteiger partial charge in [-0.15, -0.1) is 0 Å². The maximum Gasteiger partial charge on any atom is -0.0157 e. The Morgan fingerprint density at radius 3 is 0.933 bits per heavy atom. The topological polar surface area (TPSA) is 0 Å². The average Bonchev–Trinajstić information content (AvgIpc) is 2.28. The van der Waals surface area contributed by atoms with Crippen LogP contribution in [0.3, 0.4) is 0 Å². The van der Waals surface area contributed by atoms with Crippen molar-refractivity contribution in [1.82, 2.24) is 0 Å². The third kappa shape index (κ3) is 1.09. The number of hydrogen-bond acceptors (Lipinski definition) is 0. The molecule has 0 heterocycles. The van der Waals surface area contributed by atoms with Crippen LogP contribution >= 0.6 is 0 Å². The van der Waals surface area contributed by atoms with Crippen LogP contribution in [-0.4, -0.2) is 0 Å². The molecule has 1 aliphatic rings. The van der Waals surface area contributed by atoms with Gasteiger partial charge in [0.15, 0.2) is 0 Å². The van der Waals surface area contributed by atoms with Crippen LogP contribution in [0, 0.1) is 27.1 Å². The van der Waals surface area contributed by atoms with Crippen molar-refractivity contribution in [3.8, 4) is 0 Å². The van der Waals surface area contributed by atoms with Gasteiger partial charge in [-0.25, -0.2) is 0 Å². The predicted octanol–water partition coefficient (Wildman–Crippen LogP) is 5.13. The van der Waals surface area contributed by atoms with E-state index in [-0.39, 0.29) is 0 Å². The molecule has 90 valence electrons. The maximum atomic E-state index is 2.48. The van der Waals surface area contributed by atoms with E-state index in [9.17, 15) is 0 Å². The Balaban J connectivity index is 3.23. The Hall–Kier alpha value is 0. The fourth-order valence-electron chi connectivity index (χ4n) is 3.91. The molecule has 1 fully saturated rings. The van der Waals surface area contributed by atoms with E-state index in [0.29, 0.717) is 27.1 Å². The first-order valence-corrected chi connectivity index (χ1v) is 6.25. The summed E-state index contributed by atoms with van der Waals surface area (Å²) < 4.78 is 0. The summed E-state index contributed by atoms with van der Waals surface area (Å²) in [6, 6.07) is 0. The van der Waals surface area contributed by atoms with E-state index in [4.69, 9.17) is 0 Å². The monoisotopic (exact) mass is 210 g/mol. The summed E-state index contributed by atoms with van der Waals surface area (Å²) in [6.07, 6.45) is 0. The van der Waals surface area contributed by atoms with Crippen molar-refractivity contribution >= 4 is 0 Å². The molecule has 0 radical (unpaired) electrons. The van der Waals surface area contributed by atoms with Gasteiger partial charge in [0.05, 0.1) is 0 Å². The van der Waals surface area contributed by atoms with Gasteiger partial charge in [-0.05, 0) is 27.1 Å². The fourth-order valence-corrected chi connectivity index (χ4v) is 3.91. The van der Waals surface area contributed by atoms with Gasteiger partial charge >= 0.3 is 0 Å². The van der Waals surface area contributed by atoms with Crippen LogP contribution < -0.4 is 0 Å². The van der Waals surface area contributed by atoms with Gasteiger partial charge in [0.1, 0.15) is 0 Å². The zero-order valence-electron chi connectivity index (χ0n) is 12.5. The van der Waals surface area contributed by atoms with Gasteiger partial charge < -0.3 is 0 Å². The maximum absolute atomic E-state index is 2.48. The molecule has 0 aromatic heterocycles. The Morgan fingerprint density at radius 2 is 0.867 bits per heavy atom. The molecule has 0 aromatic rings. The average molecular weight is 210 g/mol. The fraction of sp³-hybridized carbons (Fsp3) is 1.00. The second-order valence-electron chi connectivity index (χ2n) is 8.25. The molecule has 0 amide bonds. The first kappa shape index (κ1) is 13.1. The largest absolute Gasteiger partial charge is 0.0596 e. The summed E-state index contributed by atoms with van der Waals surface area (Å²) in [5.41, 5.74) is 2.01. The van der Waals surface area contributed by atoms with Crippen LogP contribution in [0.4, 0.5) is 0 Å². The van der Waals surface area contributed by atoms with E-state index in [1.807, 2.05) is 0 Å². The van der Waals surface area contributed by atoms with Crippen molar-refractivity contribution in [2.24, 2.45) is 27.1 Å². The Morgan fingerprint density at radius 1 is 0.600 bits per heavy atom. The molecule has 15 heavy (non-hydrogen) atoms. The van der Waals surface area contributed by atoms with Crippen LogP contribution in [-0.2, 0) is 0 Å². The van der Waals surface area contributed by atoms with Gasteiger partial charge in [0.25, 0.3) is 0 Å². The normalized spacial score (nSPS) is 27.6. The SMILES string of the molecule is CC(C)(C)C(C)(C)C1(C)C(C)(C)C1(C)C. The molecule has 0 bridgehead atoms. The van der Waals surface area contributed by atoms with E-state index >= 15 is 0 Å². The molecule has 0 spiro atoms. The van der Waals surface area contributed by atoms with Crippen LogP contribution in [0.1, 0.15) is 69.2 Å². The molecule has 0 nitrogen and oxygen atoms in total. The molecular weight excluding hydrogens is 180 g/mol. The van der Waals surface area contributed by atoms with Crippen molar-refractivity contribution in [1.29, 1.82) is 0 Å². The molecule has 0 saturated heterocycles. The van der Waals surface area contributed by atoms with Gasteiger partial charge in [-0.1, -0.05) is 69.2 Å². The quantitative estimate of drug-likeness (QED) is 0.563. The Labute approximate surface area is 96.8 Å². The third-order valence-corrected chi connectivity index (χ3v) is 7.12. The minimum absolute atomic E-state index is 0.354. The third-order valence-electron chi connectivity index (χ3n) is 7.12. The highest BCUT2D eigenvalue weighted by molar-refractivity contribution is 5.27. The van der Waals surface area contributed by atoms with Gasteiger partial charge in [0, 0.05) is 0 Å². The highest BCUT2D eigenvalue weighted by atomic mass is 14.8. The van der Waals surface area contributed by atoms with Crippen molar-refractivity contribution in [2.75, 3.05) is 0 Å². The Bertz CT molecular complexity index is 257. The molecule has 1 saturated carbocycles. The van der Waals surface area contributed by atoms with E-state index < -0.39 is 0 Å². The van der Waals surface area contributed by atoms with Crippen LogP contribution in [0.5, 0.6) is 0 Å². The lowest BCUT2D eigenvalue weighted by Gasteiger charge is -2.47. The molecule has 0 heteroatoms. The van der Waals surface area contributed by atoms with Gasteiger partial charge in [-0.3, -0.25) is 0 Å². The summed E-state index contributed by atoms with van der Waals surface area (Å²) in [5.74, 6) is 0. The smallest absolute Gasteiger partial charge is 0.0157 e. The summed E-state index contributed by atoms with van der Waals surface area (Å²) in [6.45, 7) is 24.2. The standard InChI is InChI=1S/C15H30/c1-11(2,3)12(4,5)15(10)13(6,7)14(15,8)9/h1-10H3. The molecule has 0 N–H and O–H groups in total. The molecule has 0 aromatic carbocycles. The summed E-state index contributed by atoms with van der Waals surface area (Å²) in [5, 5.41) is 0. The van der Waals surface area contributed by atoms with Crippen LogP contribution in [0.2, 0.25) is 0 Å². The van der Waals surface area contributed by atoms with Crippen LogP contribution in [0.25, 0.3) is 0 Å². The Kier molecular flexibility index (Phi) is 2.29. The van der Waals surface area contributed by atoms with E-state index in [2.05, 4.69) is 69.2 Å². The molecular formula is C15H30. The van der Waals surface area contributed by atoms with Gasteiger partial charge in [0.2, 0.25) is 0 Å². The number of rotatable bonds is 1. The highest BCUT2D eigenvalue weighted by Crippen LogP contribution is 2.85. The lowest BCUT2D eigenvalue weighted by Crippen LogP contribution is -2.40. The predicted molar refractivity (Wildman–Crippen MR) is 68.9 cm³/mol. The van der Waals surface area contributed by atoms with Crippen molar-refractivity contribution < 1.29 is 0 Å².